The van der Waals surface area contributed by atoms with Gasteiger partial charge in [0.15, 0.2) is 16.4 Å². The second kappa shape index (κ2) is 9.28. The summed E-state index contributed by atoms with van der Waals surface area (Å²) in [5.74, 6) is -1.98. The number of ether oxygens (including phenoxy) is 1. The fourth-order valence-electron chi connectivity index (χ4n) is 2.38. The van der Waals surface area contributed by atoms with Gasteiger partial charge in [0.2, 0.25) is 0 Å². The monoisotopic (exact) mass is 420 g/mol. The van der Waals surface area contributed by atoms with Crippen LogP contribution in [-0.4, -0.2) is 37.6 Å². The molecule has 2 aromatic rings. The van der Waals surface area contributed by atoms with Crippen molar-refractivity contribution in [2.45, 2.75) is 25.2 Å². The molecule has 2 aromatic carbocycles. The first-order valence-electron chi connectivity index (χ1n) is 8.58. The van der Waals surface area contributed by atoms with E-state index in [9.17, 15) is 28.1 Å². The highest BCUT2D eigenvalue weighted by Gasteiger charge is 2.18. The van der Waals surface area contributed by atoms with Gasteiger partial charge in [-0.2, -0.15) is 0 Å². The molecule has 9 nitrogen and oxygen atoms in total. The minimum absolute atomic E-state index is 0.106. The third-order valence-corrected chi connectivity index (χ3v) is 5.74. The second-order valence-corrected chi connectivity index (χ2v) is 8.46. The number of carbonyl (C=O) groups is 2. The maximum Gasteiger partial charge on any atom is 0.307 e. The fourth-order valence-corrected chi connectivity index (χ4v) is 3.60. The molecule has 0 radical (unpaired) electrons. The zero-order valence-corrected chi connectivity index (χ0v) is 16.7. The predicted octanol–water partition coefficient (Wildman–Crippen LogP) is 2.56. The quantitative estimate of drug-likeness (QED) is 0.394. The number of benzene rings is 2. The highest BCUT2D eigenvalue weighted by Crippen LogP contribution is 2.22. The molecular formula is C19H20N2O7S. The van der Waals surface area contributed by atoms with Crippen LogP contribution in [0.15, 0.2) is 47.4 Å². The first-order valence-corrected chi connectivity index (χ1v) is 10.2. The third kappa shape index (κ3) is 6.39. The zero-order chi connectivity index (χ0) is 21.6. The van der Waals surface area contributed by atoms with Gasteiger partial charge in [-0.25, -0.2) is 8.42 Å². The number of aryl methyl sites for hydroxylation is 2. The van der Waals surface area contributed by atoms with Crippen molar-refractivity contribution in [1.82, 2.24) is 0 Å². The molecule has 2 rings (SSSR count). The van der Waals surface area contributed by atoms with E-state index in [0.717, 1.165) is 5.56 Å². The van der Waals surface area contributed by atoms with E-state index in [0.29, 0.717) is 5.56 Å². The Hall–Kier alpha value is -3.27. The number of hydrogen-bond acceptors (Lipinski definition) is 7. The third-order valence-electron chi connectivity index (χ3n) is 4.01. The van der Waals surface area contributed by atoms with Crippen LogP contribution in [0.1, 0.15) is 17.5 Å². The lowest BCUT2D eigenvalue weighted by atomic mass is 10.2. The van der Waals surface area contributed by atoms with E-state index in [4.69, 9.17) is 4.74 Å². The summed E-state index contributed by atoms with van der Waals surface area (Å²) >= 11 is 0. The lowest BCUT2D eigenvalue weighted by Crippen LogP contribution is -2.22. The Morgan fingerprint density at radius 2 is 1.76 bits per heavy atom. The normalized spacial score (nSPS) is 11.0. The van der Waals surface area contributed by atoms with E-state index >= 15 is 0 Å². The highest BCUT2D eigenvalue weighted by atomic mass is 32.2. The van der Waals surface area contributed by atoms with Crippen LogP contribution in [0.4, 0.5) is 11.4 Å². The number of nitro benzene ring substituents is 1. The average molecular weight is 420 g/mol. The number of nitrogens with one attached hydrogen (secondary N) is 1. The summed E-state index contributed by atoms with van der Waals surface area (Å²) < 4.78 is 29.2. The van der Waals surface area contributed by atoms with Gasteiger partial charge in [-0.3, -0.25) is 19.7 Å². The number of anilines is 1. The molecule has 29 heavy (non-hydrogen) atoms. The van der Waals surface area contributed by atoms with E-state index < -0.39 is 45.4 Å². The Morgan fingerprint density at radius 1 is 1.10 bits per heavy atom. The summed E-state index contributed by atoms with van der Waals surface area (Å²) in [6, 6.07) is 10.4. The van der Waals surface area contributed by atoms with Gasteiger partial charge in [-0.15, -0.1) is 0 Å². The van der Waals surface area contributed by atoms with E-state index in [1.807, 2.05) is 6.92 Å². The number of carbonyl (C=O) groups excluding carboxylic acids is 2. The number of nitrogens with zero attached hydrogens (tertiary/aromatic N) is 1. The van der Waals surface area contributed by atoms with Gasteiger partial charge >= 0.3 is 5.97 Å². The van der Waals surface area contributed by atoms with Crippen LogP contribution in [0.3, 0.4) is 0 Å². The Kier molecular flexibility index (Phi) is 7.05. The molecule has 154 valence electrons. The molecule has 0 aliphatic heterocycles. The highest BCUT2D eigenvalue weighted by molar-refractivity contribution is 7.91. The molecule has 1 N–H and O–H groups in total. The van der Waals surface area contributed by atoms with Crippen LogP contribution in [0.2, 0.25) is 0 Å². The Labute approximate surface area is 167 Å². The molecule has 0 unspecified atom stereocenters. The van der Waals surface area contributed by atoms with E-state index in [1.54, 1.807) is 19.1 Å². The van der Waals surface area contributed by atoms with Crippen molar-refractivity contribution in [3.63, 3.8) is 0 Å². The van der Waals surface area contributed by atoms with E-state index in [2.05, 4.69) is 5.32 Å². The summed E-state index contributed by atoms with van der Waals surface area (Å²) in [4.78, 5) is 34.1. The second-order valence-electron chi connectivity index (χ2n) is 6.35. The zero-order valence-electron chi connectivity index (χ0n) is 15.9. The first kappa shape index (κ1) is 22.0. The van der Waals surface area contributed by atoms with Crippen molar-refractivity contribution in [1.29, 1.82) is 0 Å². The summed E-state index contributed by atoms with van der Waals surface area (Å²) in [6.07, 6.45) is -0.403. The summed E-state index contributed by atoms with van der Waals surface area (Å²) in [7, 11) is -3.64. The molecule has 0 saturated carbocycles. The van der Waals surface area contributed by atoms with Crippen LogP contribution >= 0.6 is 0 Å². The Balaban J connectivity index is 1.84. The molecule has 0 atom stereocenters. The number of amides is 1. The van der Waals surface area contributed by atoms with Gasteiger partial charge in [0, 0.05) is 17.3 Å². The van der Waals surface area contributed by atoms with Crippen molar-refractivity contribution in [3.8, 4) is 0 Å². The van der Waals surface area contributed by atoms with Gasteiger partial charge in [0.1, 0.15) is 0 Å². The number of rotatable bonds is 8. The molecule has 0 saturated heterocycles. The Morgan fingerprint density at radius 3 is 2.38 bits per heavy atom. The largest absolute Gasteiger partial charge is 0.456 e. The van der Waals surface area contributed by atoms with Crippen LogP contribution < -0.4 is 5.32 Å². The lowest BCUT2D eigenvalue weighted by molar-refractivity contribution is -0.385. The first-order chi connectivity index (χ1) is 13.6. The van der Waals surface area contributed by atoms with Gasteiger partial charge < -0.3 is 10.1 Å². The fraction of sp³-hybridized carbons (Fsp3) is 0.263. The van der Waals surface area contributed by atoms with Crippen molar-refractivity contribution in [3.05, 3.63) is 63.7 Å². The van der Waals surface area contributed by atoms with Crippen molar-refractivity contribution in [2.24, 2.45) is 0 Å². The van der Waals surface area contributed by atoms with Gasteiger partial charge in [0.05, 0.1) is 22.0 Å². The van der Waals surface area contributed by atoms with Gasteiger partial charge in [0.25, 0.3) is 11.6 Å². The van der Waals surface area contributed by atoms with E-state index in [-0.39, 0.29) is 16.3 Å². The smallest absolute Gasteiger partial charge is 0.307 e. The molecule has 0 spiro atoms. The van der Waals surface area contributed by atoms with Crippen molar-refractivity contribution < 1.29 is 27.7 Å². The van der Waals surface area contributed by atoms with Crippen LogP contribution in [-0.2, 0) is 24.2 Å². The number of sulfone groups is 1. The number of esters is 1. The molecule has 0 aliphatic rings. The summed E-state index contributed by atoms with van der Waals surface area (Å²) in [5, 5.41) is 13.3. The summed E-state index contributed by atoms with van der Waals surface area (Å²) in [6.45, 7) is 2.76. The maximum absolute atomic E-state index is 12.2. The average Bonchev–Trinajstić information content (AvgIpc) is 2.66. The lowest BCUT2D eigenvalue weighted by Gasteiger charge is -2.08. The van der Waals surface area contributed by atoms with Gasteiger partial charge in [-0.05, 0) is 32.0 Å². The minimum atomic E-state index is -3.64. The Bertz CT molecular complexity index is 1030. The van der Waals surface area contributed by atoms with Crippen LogP contribution in [0.5, 0.6) is 0 Å². The molecule has 10 heteroatoms. The topological polar surface area (TPSA) is 133 Å². The van der Waals surface area contributed by atoms with Crippen molar-refractivity contribution >= 4 is 33.1 Å². The number of hydrogen-bond donors (Lipinski definition) is 1. The predicted molar refractivity (Wildman–Crippen MR) is 105 cm³/mol. The van der Waals surface area contributed by atoms with Gasteiger partial charge in [-0.1, -0.05) is 23.8 Å². The minimum Gasteiger partial charge on any atom is -0.456 e. The standard InChI is InChI=1S/C19H20N2O7S/c1-13-3-7-16(8-4-13)29(26,27)10-9-19(23)28-12-18(22)20-15-6-5-14(2)17(11-15)21(24)25/h3-8,11H,9-10,12H2,1-2H3,(H,20,22). The molecule has 0 aliphatic carbocycles. The number of nitro groups is 1. The van der Waals surface area contributed by atoms with Crippen LogP contribution in [0, 0.1) is 24.0 Å². The molecule has 0 aromatic heterocycles. The summed E-state index contributed by atoms with van der Waals surface area (Å²) in [5.41, 5.74) is 1.38. The molecule has 0 bridgehead atoms. The molecule has 0 heterocycles. The van der Waals surface area contributed by atoms with Crippen molar-refractivity contribution in [2.75, 3.05) is 17.7 Å². The SMILES string of the molecule is Cc1ccc(S(=O)(=O)CCC(=O)OCC(=O)Nc2ccc(C)c([N+](=O)[O-])c2)cc1. The maximum atomic E-state index is 12.2. The molecule has 0 fully saturated rings. The molecular weight excluding hydrogens is 400 g/mol. The molecule has 1 amide bonds. The van der Waals surface area contributed by atoms with Crippen LogP contribution in [0.25, 0.3) is 0 Å². The van der Waals surface area contributed by atoms with E-state index in [1.165, 1.54) is 30.3 Å².